The number of rotatable bonds is 1. The molecule has 0 atom stereocenters. The molecular formula is C9H8FNO3S. The minimum absolute atomic E-state index is 0.261. The largest absolute Gasteiger partial charge is 0.505 e. The average Bonchev–Trinajstić information content (AvgIpc) is 2.47. The van der Waals surface area contributed by atoms with Gasteiger partial charge in [-0.3, -0.25) is 0 Å². The van der Waals surface area contributed by atoms with Gasteiger partial charge in [0.2, 0.25) is 10.0 Å². The van der Waals surface area contributed by atoms with Gasteiger partial charge in [-0.25, -0.2) is 16.8 Å². The molecule has 0 unspecified atom stereocenters. The second-order valence-corrected chi connectivity index (χ2v) is 5.10. The SMILES string of the molecule is CS(=O)(=O)n1ccc2cc(F)c(O)cc21. The number of phenolic OH excluding ortho intramolecular Hbond substituents is 1. The highest BCUT2D eigenvalue weighted by Gasteiger charge is 2.12. The number of aromatic nitrogens is 1. The smallest absolute Gasteiger partial charge is 0.236 e. The van der Waals surface area contributed by atoms with Gasteiger partial charge in [0.05, 0.1) is 11.8 Å². The van der Waals surface area contributed by atoms with Gasteiger partial charge in [-0.05, 0) is 12.1 Å². The van der Waals surface area contributed by atoms with E-state index >= 15 is 0 Å². The average molecular weight is 229 g/mol. The molecule has 0 saturated carbocycles. The van der Waals surface area contributed by atoms with Crippen LogP contribution in [0.3, 0.4) is 0 Å². The zero-order valence-electron chi connectivity index (χ0n) is 7.81. The highest BCUT2D eigenvalue weighted by Crippen LogP contribution is 2.25. The molecule has 1 aromatic heterocycles. The Labute approximate surface area is 85.6 Å². The quantitative estimate of drug-likeness (QED) is 0.801. The highest BCUT2D eigenvalue weighted by atomic mass is 32.2. The van der Waals surface area contributed by atoms with Crippen molar-refractivity contribution in [3.63, 3.8) is 0 Å². The van der Waals surface area contributed by atoms with E-state index in [0.29, 0.717) is 5.39 Å². The topological polar surface area (TPSA) is 59.3 Å². The molecule has 0 aliphatic carbocycles. The third kappa shape index (κ3) is 1.56. The van der Waals surface area contributed by atoms with E-state index in [0.717, 1.165) is 22.4 Å². The highest BCUT2D eigenvalue weighted by molar-refractivity contribution is 7.89. The fraction of sp³-hybridized carbons (Fsp3) is 0.111. The summed E-state index contributed by atoms with van der Waals surface area (Å²) in [4.78, 5) is 0. The summed E-state index contributed by atoms with van der Waals surface area (Å²) in [5.41, 5.74) is 0.261. The fourth-order valence-corrected chi connectivity index (χ4v) is 2.21. The van der Waals surface area contributed by atoms with Gasteiger partial charge in [-0.2, -0.15) is 0 Å². The fourth-order valence-electron chi connectivity index (χ4n) is 1.41. The first-order valence-corrected chi connectivity index (χ1v) is 5.94. The van der Waals surface area contributed by atoms with Crippen molar-refractivity contribution >= 4 is 20.9 Å². The minimum atomic E-state index is -3.43. The van der Waals surface area contributed by atoms with Crippen LogP contribution in [0.5, 0.6) is 5.75 Å². The van der Waals surface area contributed by atoms with Gasteiger partial charge in [0.15, 0.2) is 11.6 Å². The number of benzene rings is 1. The van der Waals surface area contributed by atoms with Crippen LogP contribution in [0.15, 0.2) is 24.4 Å². The number of hydrogen-bond acceptors (Lipinski definition) is 3. The molecule has 0 radical (unpaired) electrons. The predicted octanol–water partition coefficient (Wildman–Crippen LogP) is 1.29. The summed E-state index contributed by atoms with van der Waals surface area (Å²) in [5, 5.41) is 9.57. The van der Waals surface area contributed by atoms with Crippen molar-refractivity contribution in [3.05, 3.63) is 30.2 Å². The molecule has 1 N–H and O–H groups in total. The van der Waals surface area contributed by atoms with Crippen LogP contribution in [0.25, 0.3) is 10.9 Å². The molecule has 0 aliphatic rings. The summed E-state index contributed by atoms with van der Waals surface area (Å²) < 4.78 is 36.5. The molecule has 0 saturated heterocycles. The van der Waals surface area contributed by atoms with Crippen LogP contribution < -0.4 is 0 Å². The lowest BCUT2D eigenvalue weighted by Crippen LogP contribution is -2.07. The lowest BCUT2D eigenvalue weighted by molar-refractivity contribution is 0.433. The van der Waals surface area contributed by atoms with Crippen molar-refractivity contribution in [2.75, 3.05) is 6.26 Å². The van der Waals surface area contributed by atoms with Crippen LogP contribution in [0.1, 0.15) is 0 Å². The maximum absolute atomic E-state index is 12.9. The van der Waals surface area contributed by atoms with Crippen LogP contribution in [0.2, 0.25) is 0 Å². The van der Waals surface area contributed by atoms with Crippen molar-refractivity contribution in [1.29, 1.82) is 0 Å². The Morgan fingerprint density at radius 2 is 2.07 bits per heavy atom. The van der Waals surface area contributed by atoms with E-state index in [9.17, 15) is 12.8 Å². The number of aromatic hydroxyl groups is 1. The minimum Gasteiger partial charge on any atom is -0.505 e. The summed E-state index contributed by atoms with van der Waals surface area (Å²) in [5.74, 6) is -1.33. The van der Waals surface area contributed by atoms with Crippen LogP contribution in [-0.2, 0) is 10.0 Å². The van der Waals surface area contributed by atoms with Gasteiger partial charge in [0.1, 0.15) is 0 Å². The Morgan fingerprint density at radius 1 is 1.40 bits per heavy atom. The molecule has 0 fully saturated rings. The Balaban J connectivity index is 2.87. The summed E-state index contributed by atoms with van der Waals surface area (Å²) >= 11 is 0. The lowest BCUT2D eigenvalue weighted by Gasteiger charge is -2.02. The Bertz CT molecular complexity index is 630. The molecule has 0 amide bonds. The van der Waals surface area contributed by atoms with E-state index in [1.165, 1.54) is 12.3 Å². The second-order valence-electron chi connectivity index (χ2n) is 3.24. The number of nitrogens with zero attached hydrogens (tertiary/aromatic N) is 1. The monoisotopic (exact) mass is 229 g/mol. The molecule has 15 heavy (non-hydrogen) atoms. The predicted molar refractivity (Wildman–Crippen MR) is 53.8 cm³/mol. The summed E-state index contributed by atoms with van der Waals surface area (Å²) in [6, 6.07) is 3.65. The van der Waals surface area contributed by atoms with E-state index in [4.69, 9.17) is 5.11 Å². The molecule has 1 heterocycles. The molecule has 2 aromatic rings. The summed E-state index contributed by atoms with van der Waals surface area (Å²) in [7, 11) is -3.43. The Morgan fingerprint density at radius 3 is 2.67 bits per heavy atom. The maximum Gasteiger partial charge on any atom is 0.236 e. The van der Waals surface area contributed by atoms with Crippen LogP contribution in [0.4, 0.5) is 4.39 Å². The van der Waals surface area contributed by atoms with Gasteiger partial charge >= 0.3 is 0 Å². The van der Waals surface area contributed by atoms with Gasteiger partial charge in [-0.1, -0.05) is 0 Å². The van der Waals surface area contributed by atoms with Crippen molar-refractivity contribution in [2.24, 2.45) is 0 Å². The molecule has 80 valence electrons. The number of hydrogen-bond donors (Lipinski definition) is 1. The zero-order chi connectivity index (χ0) is 11.2. The second kappa shape index (κ2) is 2.96. The molecule has 6 heteroatoms. The van der Waals surface area contributed by atoms with Crippen molar-refractivity contribution in [1.82, 2.24) is 3.97 Å². The van der Waals surface area contributed by atoms with E-state index in [2.05, 4.69) is 0 Å². The van der Waals surface area contributed by atoms with Gasteiger partial charge in [0, 0.05) is 17.6 Å². The van der Waals surface area contributed by atoms with E-state index in [1.54, 1.807) is 0 Å². The summed E-state index contributed by atoms with van der Waals surface area (Å²) in [6.45, 7) is 0. The molecule has 0 bridgehead atoms. The first kappa shape index (κ1) is 9.97. The first-order chi connectivity index (χ1) is 6.89. The lowest BCUT2D eigenvalue weighted by atomic mass is 10.2. The van der Waals surface area contributed by atoms with E-state index < -0.39 is 21.6 Å². The zero-order valence-corrected chi connectivity index (χ0v) is 8.62. The molecular weight excluding hydrogens is 221 g/mol. The molecule has 0 spiro atoms. The van der Waals surface area contributed by atoms with Crippen molar-refractivity contribution in [2.45, 2.75) is 0 Å². The molecule has 2 rings (SSSR count). The maximum atomic E-state index is 12.9. The van der Waals surface area contributed by atoms with Gasteiger partial charge in [-0.15, -0.1) is 0 Å². The van der Waals surface area contributed by atoms with E-state index in [-0.39, 0.29) is 5.52 Å². The van der Waals surface area contributed by atoms with Crippen molar-refractivity contribution < 1.29 is 17.9 Å². The van der Waals surface area contributed by atoms with E-state index in [1.807, 2.05) is 0 Å². The van der Waals surface area contributed by atoms with Crippen molar-refractivity contribution in [3.8, 4) is 5.75 Å². The van der Waals surface area contributed by atoms with Crippen LogP contribution in [0, 0.1) is 5.82 Å². The normalized spacial score (nSPS) is 12.1. The number of halogens is 1. The van der Waals surface area contributed by atoms with Crippen LogP contribution in [-0.4, -0.2) is 23.8 Å². The van der Waals surface area contributed by atoms with Crippen LogP contribution >= 0.6 is 0 Å². The van der Waals surface area contributed by atoms with Gasteiger partial charge < -0.3 is 5.11 Å². The van der Waals surface area contributed by atoms with Gasteiger partial charge in [0.25, 0.3) is 0 Å². The third-order valence-electron chi connectivity index (χ3n) is 2.08. The molecule has 4 nitrogen and oxygen atoms in total. The Kier molecular flexibility index (Phi) is 1.97. The number of fused-ring (bicyclic) bond motifs is 1. The number of phenols is 1. The third-order valence-corrected chi connectivity index (χ3v) is 3.11. The standard InChI is InChI=1S/C9H8FNO3S/c1-15(13,14)11-3-2-6-4-7(10)9(12)5-8(6)11/h2-5,12H,1H3. The Hall–Kier alpha value is -1.56. The summed E-state index contributed by atoms with van der Waals surface area (Å²) in [6.07, 6.45) is 2.35. The molecule has 0 aliphatic heterocycles. The molecule has 1 aromatic carbocycles. The first-order valence-electron chi connectivity index (χ1n) is 4.10.